The summed E-state index contributed by atoms with van der Waals surface area (Å²) in [5.74, 6) is -1.61. The van der Waals surface area contributed by atoms with E-state index in [2.05, 4.69) is 0 Å². The average Bonchev–Trinajstić information content (AvgIpc) is 2.73. The monoisotopic (exact) mass is 433 g/mol. The lowest BCUT2D eigenvalue weighted by molar-refractivity contribution is -0.158. The zero-order valence-corrected chi connectivity index (χ0v) is 18.1. The second-order valence-electron chi connectivity index (χ2n) is 7.85. The molecule has 8 heteroatoms. The van der Waals surface area contributed by atoms with Crippen LogP contribution in [-0.4, -0.2) is 63.4 Å². The first-order valence-corrected chi connectivity index (χ1v) is 10.4. The van der Waals surface area contributed by atoms with Crippen molar-refractivity contribution in [1.29, 1.82) is 0 Å². The normalized spacial score (nSPS) is 30.4. The molecule has 0 aromatic heterocycles. The van der Waals surface area contributed by atoms with E-state index < -0.39 is 42.4 Å². The zero-order chi connectivity index (χ0) is 23.0. The first kappa shape index (κ1) is 24.6. The van der Waals surface area contributed by atoms with Gasteiger partial charge in [-0.05, 0) is 38.8 Å². The van der Waals surface area contributed by atoms with Gasteiger partial charge < -0.3 is 24.6 Å². The molecule has 0 radical (unpaired) electrons. The van der Waals surface area contributed by atoms with E-state index in [9.17, 15) is 24.6 Å². The maximum atomic E-state index is 13.0. The Hall–Kier alpha value is -2.71. The van der Waals surface area contributed by atoms with E-state index in [4.69, 9.17) is 9.47 Å². The molecule has 2 N–H and O–H groups in total. The molecule has 1 aliphatic rings. The fraction of sp³-hybridized carbons (Fsp3) is 0.522. The lowest BCUT2D eigenvalue weighted by Gasteiger charge is -2.32. The average molecular weight is 434 g/mol. The number of aliphatic hydroxyl groups excluding tert-OH is 2. The number of ether oxygens (including phenoxy) is 2. The number of esters is 2. The number of hydrogen-bond donors (Lipinski definition) is 2. The quantitative estimate of drug-likeness (QED) is 0.683. The molecule has 8 nitrogen and oxygen atoms in total. The molecule has 1 aromatic rings. The van der Waals surface area contributed by atoms with Gasteiger partial charge in [0, 0.05) is 19.0 Å². The van der Waals surface area contributed by atoms with Crippen LogP contribution >= 0.6 is 0 Å². The van der Waals surface area contributed by atoms with Gasteiger partial charge in [0.2, 0.25) is 5.91 Å². The van der Waals surface area contributed by atoms with Crippen molar-refractivity contribution in [3.8, 4) is 0 Å². The molecule has 1 amide bonds. The Labute approximate surface area is 182 Å². The summed E-state index contributed by atoms with van der Waals surface area (Å²) in [5.41, 5.74) is 0.879. The van der Waals surface area contributed by atoms with Crippen molar-refractivity contribution in [2.75, 3.05) is 0 Å². The molecule has 1 aliphatic heterocycles. The van der Waals surface area contributed by atoms with E-state index >= 15 is 0 Å². The van der Waals surface area contributed by atoms with Crippen LogP contribution in [0.1, 0.15) is 45.6 Å². The van der Waals surface area contributed by atoms with Crippen LogP contribution in [0.25, 0.3) is 0 Å². The zero-order valence-electron chi connectivity index (χ0n) is 18.1. The van der Waals surface area contributed by atoms with Crippen LogP contribution in [0.5, 0.6) is 0 Å². The highest BCUT2D eigenvalue weighted by molar-refractivity contribution is 5.82. The van der Waals surface area contributed by atoms with E-state index in [0.29, 0.717) is 0 Å². The van der Waals surface area contributed by atoms with Gasteiger partial charge in [0.05, 0.1) is 24.7 Å². The van der Waals surface area contributed by atoms with Gasteiger partial charge in [-0.2, -0.15) is 0 Å². The largest absolute Gasteiger partial charge is 0.460 e. The molecule has 5 atom stereocenters. The predicted octanol–water partition coefficient (Wildman–Crippen LogP) is 1.73. The van der Waals surface area contributed by atoms with E-state index in [1.54, 1.807) is 20.8 Å². The van der Waals surface area contributed by atoms with Crippen molar-refractivity contribution in [2.45, 2.75) is 77.0 Å². The van der Waals surface area contributed by atoms with Crippen LogP contribution in [0, 0.1) is 0 Å². The van der Waals surface area contributed by atoms with Gasteiger partial charge in [-0.3, -0.25) is 9.59 Å². The molecule has 0 unspecified atom stereocenters. The van der Waals surface area contributed by atoms with Gasteiger partial charge in [-0.25, -0.2) is 4.79 Å². The highest BCUT2D eigenvalue weighted by Gasteiger charge is 2.28. The molecule has 0 saturated heterocycles. The number of nitrogens with zero attached hydrogens (tertiary/aromatic N) is 1. The summed E-state index contributed by atoms with van der Waals surface area (Å²) >= 11 is 0. The third-order valence-electron chi connectivity index (χ3n) is 5.22. The maximum Gasteiger partial charge on any atom is 0.330 e. The third-order valence-corrected chi connectivity index (χ3v) is 5.22. The van der Waals surface area contributed by atoms with Gasteiger partial charge in [0.1, 0.15) is 12.2 Å². The van der Waals surface area contributed by atoms with Gasteiger partial charge in [0.15, 0.2) is 0 Å². The fourth-order valence-electron chi connectivity index (χ4n) is 3.26. The summed E-state index contributed by atoms with van der Waals surface area (Å²) in [6.45, 7) is 5.04. The van der Waals surface area contributed by atoms with Crippen molar-refractivity contribution in [3.63, 3.8) is 0 Å². The summed E-state index contributed by atoms with van der Waals surface area (Å²) in [6, 6.07) is 8.69. The molecule has 2 rings (SSSR count). The molecule has 0 fully saturated rings. The maximum absolute atomic E-state index is 13.0. The number of carbonyl (C=O) groups excluding carboxylic acids is 3. The van der Waals surface area contributed by atoms with Gasteiger partial charge in [-0.15, -0.1) is 0 Å². The number of aliphatic hydroxyl groups is 2. The third kappa shape index (κ3) is 7.80. The summed E-state index contributed by atoms with van der Waals surface area (Å²) in [5, 5.41) is 20.9. The number of hydrogen-bond acceptors (Lipinski definition) is 7. The highest BCUT2D eigenvalue weighted by Crippen LogP contribution is 2.17. The fourth-order valence-corrected chi connectivity index (χ4v) is 3.26. The molecule has 31 heavy (non-hydrogen) atoms. The molecule has 1 aromatic carbocycles. The molecule has 0 saturated carbocycles. The lowest BCUT2D eigenvalue weighted by atomic mass is 10.0. The van der Waals surface area contributed by atoms with Crippen molar-refractivity contribution in [1.82, 2.24) is 4.90 Å². The molecule has 170 valence electrons. The van der Waals surface area contributed by atoms with Gasteiger partial charge in [-0.1, -0.05) is 30.3 Å². The Morgan fingerprint density at radius 2 is 1.71 bits per heavy atom. The van der Waals surface area contributed by atoms with Crippen molar-refractivity contribution in [2.24, 2.45) is 0 Å². The number of cyclic esters (lactones) is 2. The Kier molecular flexibility index (Phi) is 9.21. The smallest absolute Gasteiger partial charge is 0.330 e. The van der Waals surface area contributed by atoms with Crippen molar-refractivity contribution >= 4 is 17.8 Å². The van der Waals surface area contributed by atoms with Gasteiger partial charge >= 0.3 is 11.9 Å². The van der Waals surface area contributed by atoms with Crippen LogP contribution in [0.3, 0.4) is 0 Å². The summed E-state index contributed by atoms with van der Waals surface area (Å²) in [4.78, 5) is 38.5. The van der Waals surface area contributed by atoms with Crippen LogP contribution in [0.2, 0.25) is 0 Å². The van der Waals surface area contributed by atoms with E-state index in [-0.39, 0.29) is 31.7 Å². The van der Waals surface area contributed by atoms with E-state index in [0.717, 1.165) is 11.6 Å². The number of rotatable bonds is 2. The first-order chi connectivity index (χ1) is 14.7. The Morgan fingerprint density at radius 3 is 2.39 bits per heavy atom. The minimum atomic E-state index is -1.11. The Morgan fingerprint density at radius 1 is 1.03 bits per heavy atom. The Bertz CT molecular complexity index is 779. The van der Waals surface area contributed by atoms with Gasteiger partial charge in [0.25, 0.3) is 0 Å². The predicted molar refractivity (Wildman–Crippen MR) is 113 cm³/mol. The van der Waals surface area contributed by atoms with Crippen LogP contribution in [0.15, 0.2) is 42.5 Å². The summed E-state index contributed by atoms with van der Waals surface area (Å²) < 4.78 is 10.3. The minimum Gasteiger partial charge on any atom is -0.460 e. The number of amides is 1. The lowest BCUT2D eigenvalue weighted by Crippen LogP contribution is -2.44. The first-order valence-electron chi connectivity index (χ1n) is 10.4. The van der Waals surface area contributed by atoms with Crippen LogP contribution < -0.4 is 0 Å². The number of benzene rings is 1. The van der Waals surface area contributed by atoms with Crippen molar-refractivity contribution in [3.05, 3.63) is 48.0 Å². The molecule has 1 heterocycles. The minimum absolute atomic E-state index is 0.00904. The molecule has 0 aliphatic carbocycles. The molecule has 0 spiro atoms. The Balaban J connectivity index is 2.26. The SMILES string of the molecule is C[C@@H]1OC(=O)C[C@H](C)OC(=O)/C=C/[C@@H](O)[C@H](C)N(Cc2ccccc2)C(=O)CC[C@H]1O. The second kappa shape index (κ2) is 11.6. The van der Waals surface area contributed by atoms with E-state index in [1.165, 1.54) is 11.0 Å². The molecular weight excluding hydrogens is 402 g/mol. The summed E-state index contributed by atoms with van der Waals surface area (Å²) in [7, 11) is 0. The van der Waals surface area contributed by atoms with Crippen molar-refractivity contribution < 1.29 is 34.1 Å². The second-order valence-corrected chi connectivity index (χ2v) is 7.85. The van der Waals surface area contributed by atoms with Crippen LogP contribution in [0.4, 0.5) is 0 Å². The topological polar surface area (TPSA) is 113 Å². The molecular formula is C23H31NO7. The number of carbonyl (C=O) groups is 3. The summed E-state index contributed by atoms with van der Waals surface area (Å²) in [6.07, 6.45) is -1.39. The molecule has 0 bridgehead atoms. The van der Waals surface area contributed by atoms with Crippen LogP contribution in [-0.2, 0) is 30.4 Å². The standard InChI is InChI=1S/C23H31NO7/c1-15-13-23(29)31-17(3)20(26)9-11-21(27)24(14-18-7-5-4-6-8-18)16(2)19(25)10-12-22(28)30-15/h4-8,10,12,15-17,19-20,25-26H,9,11,13-14H2,1-3H3/b12-10+/t15-,16-,17-,19+,20+/m0/s1. The highest BCUT2D eigenvalue weighted by atomic mass is 16.6. The van der Waals surface area contributed by atoms with E-state index in [1.807, 2.05) is 30.3 Å².